The van der Waals surface area contributed by atoms with Crippen molar-refractivity contribution in [1.82, 2.24) is 15.1 Å². The van der Waals surface area contributed by atoms with E-state index in [1.165, 1.54) is 4.90 Å². The number of aliphatic hydroxyl groups excluding tert-OH is 1. The smallest absolute Gasteiger partial charge is 0.313 e. The van der Waals surface area contributed by atoms with Crippen molar-refractivity contribution in [3.8, 4) is 0 Å². The number of fused-ring (bicyclic) bond motifs is 2. The van der Waals surface area contributed by atoms with E-state index in [0.717, 1.165) is 0 Å². The van der Waals surface area contributed by atoms with E-state index in [9.17, 15) is 24.3 Å². The molecule has 2 saturated heterocycles. The molecule has 1 spiro atoms. The first-order valence-electron chi connectivity index (χ1n) is 14.8. The number of carbonyl (C=O) groups excluding carboxylic acids is 4. The van der Waals surface area contributed by atoms with Crippen LogP contribution in [0.1, 0.15) is 58.6 Å². The van der Waals surface area contributed by atoms with E-state index in [1.807, 2.05) is 63.3 Å². The van der Waals surface area contributed by atoms with E-state index in [0.29, 0.717) is 12.0 Å². The van der Waals surface area contributed by atoms with Crippen LogP contribution >= 0.6 is 0 Å². The molecular formula is C32H41N3O7. The van der Waals surface area contributed by atoms with Gasteiger partial charge in [0.2, 0.25) is 17.7 Å². The van der Waals surface area contributed by atoms with Crippen molar-refractivity contribution in [1.29, 1.82) is 0 Å². The number of rotatable bonds is 4. The summed E-state index contributed by atoms with van der Waals surface area (Å²) in [4.78, 5) is 58.6. The average molecular weight is 580 g/mol. The number of allylic oxidation sites excluding steroid dienone is 1. The predicted octanol–water partition coefficient (Wildman–Crippen LogP) is 2.29. The van der Waals surface area contributed by atoms with Crippen LogP contribution in [0, 0.1) is 11.8 Å². The zero-order chi connectivity index (χ0) is 30.2. The Hall–Kier alpha value is -3.50. The fourth-order valence-corrected chi connectivity index (χ4v) is 6.76. The van der Waals surface area contributed by atoms with E-state index in [1.54, 1.807) is 24.0 Å². The maximum atomic E-state index is 14.4. The molecule has 2 N–H and O–H groups in total. The summed E-state index contributed by atoms with van der Waals surface area (Å²) in [7, 11) is 0. The van der Waals surface area contributed by atoms with Crippen LogP contribution in [0.5, 0.6) is 0 Å². The Balaban J connectivity index is 1.59. The van der Waals surface area contributed by atoms with Crippen LogP contribution in [-0.2, 0) is 28.7 Å². The number of hydrogen-bond acceptors (Lipinski definition) is 7. The zero-order valence-corrected chi connectivity index (χ0v) is 24.7. The fourth-order valence-electron chi connectivity index (χ4n) is 6.76. The summed E-state index contributed by atoms with van der Waals surface area (Å²) < 4.78 is 12.6. The molecule has 0 aromatic heterocycles. The van der Waals surface area contributed by atoms with Crippen LogP contribution in [0.25, 0.3) is 0 Å². The van der Waals surface area contributed by atoms with E-state index >= 15 is 0 Å². The van der Waals surface area contributed by atoms with E-state index in [-0.39, 0.29) is 50.3 Å². The van der Waals surface area contributed by atoms with Crippen molar-refractivity contribution < 1.29 is 33.8 Å². The van der Waals surface area contributed by atoms with Gasteiger partial charge in [0, 0.05) is 31.7 Å². The minimum absolute atomic E-state index is 0.150. The number of carbonyl (C=O) groups is 4. The highest BCUT2D eigenvalue weighted by atomic mass is 16.6. The molecule has 226 valence electrons. The Kier molecular flexibility index (Phi) is 8.31. The lowest BCUT2D eigenvalue weighted by molar-refractivity contribution is -0.161. The average Bonchev–Trinajstić information content (AvgIpc) is 3.58. The third-order valence-electron chi connectivity index (χ3n) is 8.72. The number of esters is 1. The molecule has 5 bridgehead atoms. The maximum absolute atomic E-state index is 14.4. The van der Waals surface area contributed by atoms with Crippen LogP contribution in [0.4, 0.5) is 0 Å². The molecule has 4 heterocycles. The van der Waals surface area contributed by atoms with Crippen molar-refractivity contribution >= 4 is 23.7 Å². The minimum Gasteiger partial charge on any atom is -0.455 e. The van der Waals surface area contributed by atoms with Crippen molar-refractivity contribution in [3.05, 3.63) is 60.2 Å². The number of nitrogens with one attached hydrogen (secondary N) is 1. The fraction of sp³-hybridized carbons (Fsp3) is 0.562. The highest BCUT2D eigenvalue weighted by molar-refractivity contribution is 5.99. The molecule has 7 atom stereocenters. The molecule has 4 aliphatic heterocycles. The molecule has 10 heteroatoms. The number of aliphatic hydroxyl groups is 1. The highest BCUT2D eigenvalue weighted by Gasteiger charge is 2.73. The Morgan fingerprint density at radius 3 is 2.50 bits per heavy atom. The van der Waals surface area contributed by atoms with Gasteiger partial charge in [-0.15, -0.1) is 0 Å². The highest BCUT2D eigenvalue weighted by Crippen LogP contribution is 2.56. The van der Waals surface area contributed by atoms with Crippen LogP contribution in [0.3, 0.4) is 0 Å². The first-order valence-corrected chi connectivity index (χ1v) is 14.8. The quantitative estimate of drug-likeness (QED) is 0.414. The summed E-state index contributed by atoms with van der Waals surface area (Å²) in [6.45, 7) is 7.83. The van der Waals surface area contributed by atoms with Crippen molar-refractivity contribution in [2.24, 2.45) is 11.8 Å². The topological polar surface area (TPSA) is 125 Å². The van der Waals surface area contributed by atoms with E-state index in [2.05, 4.69) is 5.32 Å². The van der Waals surface area contributed by atoms with Gasteiger partial charge in [-0.3, -0.25) is 19.2 Å². The lowest BCUT2D eigenvalue weighted by Crippen LogP contribution is -2.59. The van der Waals surface area contributed by atoms with Gasteiger partial charge in [-0.05, 0) is 46.1 Å². The zero-order valence-electron chi connectivity index (χ0n) is 24.7. The molecule has 5 rings (SSSR count). The van der Waals surface area contributed by atoms with Crippen LogP contribution < -0.4 is 5.32 Å². The van der Waals surface area contributed by atoms with Gasteiger partial charge in [0.1, 0.15) is 23.7 Å². The van der Waals surface area contributed by atoms with Crippen LogP contribution in [0.2, 0.25) is 0 Å². The van der Waals surface area contributed by atoms with Gasteiger partial charge in [-0.1, -0.05) is 54.6 Å². The monoisotopic (exact) mass is 579 g/mol. The number of cyclic esters (lactones) is 1. The van der Waals surface area contributed by atoms with Crippen LogP contribution in [-0.4, -0.2) is 87.6 Å². The number of hydrogen-bond donors (Lipinski definition) is 2. The second kappa shape index (κ2) is 11.6. The molecule has 2 fully saturated rings. The number of likely N-dealkylation sites (tertiary alicyclic amines) is 1. The summed E-state index contributed by atoms with van der Waals surface area (Å²) in [6, 6.07) is 7.64. The largest absolute Gasteiger partial charge is 0.455 e. The lowest BCUT2D eigenvalue weighted by Gasteiger charge is -2.41. The van der Waals surface area contributed by atoms with Gasteiger partial charge in [0.15, 0.2) is 0 Å². The van der Waals surface area contributed by atoms with Gasteiger partial charge in [0.25, 0.3) is 0 Å². The second-order valence-corrected chi connectivity index (χ2v) is 12.6. The summed E-state index contributed by atoms with van der Waals surface area (Å²) in [5, 5.41) is 12.6. The lowest BCUT2D eigenvalue weighted by atomic mass is 9.74. The van der Waals surface area contributed by atoms with Crippen molar-refractivity contribution in [2.75, 3.05) is 19.7 Å². The van der Waals surface area contributed by atoms with E-state index in [4.69, 9.17) is 9.47 Å². The molecule has 1 aromatic carbocycles. The van der Waals surface area contributed by atoms with Crippen molar-refractivity contribution in [2.45, 2.75) is 82.4 Å². The summed E-state index contributed by atoms with van der Waals surface area (Å²) in [6.07, 6.45) is 6.72. The number of nitrogens with zero attached hydrogens (tertiary/aromatic N) is 2. The Morgan fingerprint density at radius 2 is 1.81 bits per heavy atom. The molecule has 10 nitrogen and oxygen atoms in total. The Morgan fingerprint density at radius 1 is 1.07 bits per heavy atom. The van der Waals surface area contributed by atoms with Crippen LogP contribution in [0.15, 0.2) is 54.6 Å². The first kappa shape index (κ1) is 30.0. The normalized spacial score (nSPS) is 34.4. The molecular weight excluding hydrogens is 538 g/mol. The van der Waals surface area contributed by atoms with Gasteiger partial charge >= 0.3 is 5.97 Å². The van der Waals surface area contributed by atoms with Gasteiger partial charge in [-0.2, -0.15) is 0 Å². The molecule has 0 aliphatic carbocycles. The van der Waals surface area contributed by atoms with Gasteiger partial charge < -0.3 is 29.7 Å². The summed E-state index contributed by atoms with van der Waals surface area (Å²) >= 11 is 0. The third kappa shape index (κ3) is 5.26. The molecule has 0 saturated carbocycles. The summed E-state index contributed by atoms with van der Waals surface area (Å²) in [5.41, 5.74) is -1.22. The Bertz CT molecular complexity index is 1270. The molecule has 0 radical (unpaired) electrons. The predicted molar refractivity (Wildman–Crippen MR) is 154 cm³/mol. The molecule has 0 unspecified atom stereocenters. The third-order valence-corrected chi connectivity index (χ3v) is 8.72. The number of benzene rings is 1. The van der Waals surface area contributed by atoms with E-state index < -0.39 is 53.2 Å². The molecule has 1 aromatic rings. The second-order valence-electron chi connectivity index (χ2n) is 12.6. The van der Waals surface area contributed by atoms with Gasteiger partial charge in [0.05, 0.1) is 18.1 Å². The standard InChI is InChI=1S/C32H41N3O7/c1-20-26(21-12-7-5-8-13-21)41-30(40)24-22-15-16-32(42-22)25(24)28(38)34(17-11-19-36)27(32)29(39)35(31(2,3)4)18-10-6-9-14-23(37)33-20/h5-8,10,12-13,15-16,20,22,24-27,36H,9,11,14,17-19H2,1-4H3,(H,33,37)/b10-6-/t20-,22+,24-,25-,26+,27+,32-/m1/s1. The molecule has 3 amide bonds. The molecule has 42 heavy (non-hydrogen) atoms. The maximum Gasteiger partial charge on any atom is 0.313 e. The van der Waals surface area contributed by atoms with Crippen molar-refractivity contribution in [3.63, 3.8) is 0 Å². The molecule has 4 aliphatic rings. The van der Waals surface area contributed by atoms with Gasteiger partial charge in [-0.25, -0.2) is 0 Å². The SMILES string of the molecule is C[C@H]1NC(=O)CC/C=C\CN(C(C)(C)C)C(=O)[C@@H]2N(CCCO)C(=O)[C@H]3[C@H](C(=O)O[C@@H]1c1ccccc1)[C@@H]1C=C[C@]23O1. The number of amides is 3. The summed E-state index contributed by atoms with van der Waals surface area (Å²) in [5.74, 6) is -3.38. The first-order chi connectivity index (χ1) is 20.0. The Labute approximate surface area is 246 Å². The number of ether oxygens (including phenoxy) is 2. The minimum atomic E-state index is -1.33.